The van der Waals surface area contributed by atoms with Gasteiger partial charge in [-0.15, -0.1) is 0 Å². The second-order valence-electron chi connectivity index (χ2n) is 3.06. The molecule has 0 saturated carbocycles. The molecular weight excluding hydrogens is 150 g/mol. The maximum atomic E-state index is 9.59. The lowest BCUT2D eigenvalue weighted by Crippen LogP contribution is -1.86. The summed E-state index contributed by atoms with van der Waals surface area (Å²) in [6.07, 6.45) is 3.04. The predicted octanol–water partition coefficient (Wildman–Crippen LogP) is 1.75. The normalized spacial score (nSPS) is 13.9. The number of fused-ring (bicyclic) bond motifs is 1. The number of phenols is 1. The Balaban J connectivity index is 2.63. The van der Waals surface area contributed by atoms with Gasteiger partial charge in [-0.3, -0.25) is 0 Å². The largest absolute Gasteiger partial charge is 0.506 e. The molecule has 1 aromatic rings. The van der Waals surface area contributed by atoms with Gasteiger partial charge in [0, 0.05) is 0 Å². The fourth-order valence-corrected chi connectivity index (χ4v) is 1.74. The molecule has 1 aliphatic carbocycles. The van der Waals surface area contributed by atoms with Crippen LogP contribution in [0.4, 0.5) is 0 Å². The molecule has 2 heteroatoms. The highest BCUT2D eigenvalue weighted by Crippen LogP contribution is 2.32. The summed E-state index contributed by atoms with van der Waals surface area (Å²) >= 11 is 0. The van der Waals surface area contributed by atoms with Crippen molar-refractivity contribution in [3.8, 4) is 11.8 Å². The van der Waals surface area contributed by atoms with Gasteiger partial charge in [0.05, 0.1) is 5.56 Å². The Morgan fingerprint density at radius 2 is 2.17 bits per heavy atom. The molecule has 0 aromatic heterocycles. The highest BCUT2D eigenvalue weighted by molar-refractivity contribution is 5.52. The highest BCUT2D eigenvalue weighted by Gasteiger charge is 2.16. The first-order valence-electron chi connectivity index (χ1n) is 4.07. The zero-order valence-corrected chi connectivity index (χ0v) is 6.67. The van der Waals surface area contributed by atoms with E-state index in [-0.39, 0.29) is 5.75 Å². The lowest BCUT2D eigenvalue weighted by molar-refractivity contribution is 0.467. The van der Waals surface area contributed by atoms with Crippen molar-refractivity contribution >= 4 is 0 Å². The van der Waals surface area contributed by atoms with Gasteiger partial charge in [0.2, 0.25) is 0 Å². The topological polar surface area (TPSA) is 44.0 Å². The standard InChI is InChI=1S/C10H9NO/c11-6-8-5-4-7-2-1-3-9(7)10(8)12/h4-5,12H,1-3H2. The van der Waals surface area contributed by atoms with E-state index in [4.69, 9.17) is 5.26 Å². The summed E-state index contributed by atoms with van der Waals surface area (Å²) in [5.74, 6) is 0.201. The van der Waals surface area contributed by atoms with Crippen molar-refractivity contribution in [3.05, 3.63) is 28.8 Å². The molecule has 0 bridgehead atoms. The van der Waals surface area contributed by atoms with Crippen molar-refractivity contribution in [2.75, 3.05) is 0 Å². The van der Waals surface area contributed by atoms with Crippen molar-refractivity contribution in [2.45, 2.75) is 19.3 Å². The molecule has 0 amide bonds. The quantitative estimate of drug-likeness (QED) is 0.626. The Morgan fingerprint density at radius 1 is 1.33 bits per heavy atom. The van der Waals surface area contributed by atoms with E-state index >= 15 is 0 Å². The first-order chi connectivity index (χ1) is 5.83. The van der Waals surface area contributed by atoms with Gasteiger partial charge in [0.25, 0.3) is 0 Å². The predicted molar refractivity (Wildman–Crippen MR) is 44.8 cm³/mol. The van der Waals surface area contributed by atoms with Crippen LogP contribution in [0.5, 0.6) is 5.75 Å². The average Bonchev–Trinajstić information content (AvgIpc) is 2.53. The van der Waals surface area contributed by atoms with E-state index in [1.54, 1.807) is 6.07 Å². The van der Waals surface area contributed by atoms with E-state index < -0.39 is 0 Å². The van der Waals surface area contributed by atoms with Crippen LogP contribution < -0.4 is 0 Å². The van der Waals surface area contributed by atoms with Crippen molar-refractivity contribution in [3.63, 3.8) is 0 Å². The molecular formula is C10H9NO. The van der Waals surface area contributed by atoms with Crippen LogP contribution in [0, 0.1) is 11.3 Å². The molecule has 0 saturated heterocycles. The van der Waals surface area contributed by atoms with E-state index in [9.17, 15) is 5.11 Å². The fraction of sp³-hybridized carbons (Fsp3) is 0.300. The molecule has 2 rings (SSSR count). The molecule has 0 radical (unpaired) electrons. The van der Waals surface area contributed by atoms with E-state index in [1.807, 2.05) is 12.1 Å². The SMILES string of the molecule is N#Cc1ccc2c(c1O)CCC2. The van der Waals surface area contributed by atoms with Crippen LogP contribution in [0.2, 0.25) is 0 Å². The van der Waals surface area contributed by atoms with E-state index in [2.05, 4.69) is 0 Å². The van der Waals surface area contributed by atoms with E-state index in [0.29, 0.717) is 5.56 Å². The number of aromatic hydroxyl groups is 1. The summed E-state index contributed by atoms with van der Waals surface area (Å²) in [5, 5.41) is 18.2. The molecule has 1 aliphatic rings. The first-order valence-corrected chi connectivity index (χ1v) is 4.07. The number of hydrogen-bond acceptors (Lipinski definition) is 2. The Labute approximate surface area is 71.1 Å². The Bertz CT molecular complexity index is 363. The number of benzene rings is 1. The van der Waals surface area contributed by atoms with Gasteiger partial charge in [0.1, 0.15) is 11.8 Å². The minimum Gasteiger partial charge on any atom is -0.506 e. The zero-order valence-electron chi connectivity index (χ0n) is 6.67. The zero-order chi connectivity index (χ0) is 8.55. The molecule has 0 atom stereocenters. The molecule has 0 heterocycles. The lowest BCUT2D eigenvalue weighted by atomic mass is 10.1. The van der Waals surface area contributed by atoms with Gasteiger partial charge < -0.3 is 5.11 Å². The summed E-state index contributed by atoms with van der Waals surface area (Å²) in [5.41, 5.74) is 2.58. The van der Waals surface area contributed by atoms with Gasteiger partial charge >= 0.3 is 0 Å². The second kappa shape index (κ2) is 2.53. The van der Waals surface area contributed by atoms with Crippen LogP contribution in [-0.4, -0.2) is 5.11 Å². The molecule has 1 aromatic carbocycles. The van der Waals surface area contributed by atoms with Gasteiger partial charge in [-0.05, 0) is 36.5 Å². The minimum atomic E-state index is 0.201. The van der Waals surface area contributed by atoms with Gasteiger partial charge in [-0.1, -0.05) is 6.07 Å². The molecule has 1 N–H and O–H groups in total. The lowest BCUT2D eigenvalue weighted by Gasteiger charge is -2.02. The summed E-state index contributed by atoms with van der Waals surface area (Å²) in [6.45, 7) is 0. The van der Waals surface area contributed by atoms with Crippen molar-refractivity contribution in [1.29, 1.82) is 5.26 Å². The summed E-state index contributed by atoms with van der Waals surface area (Å²) < 4.78 is 0. The maximum Gasteiger partial charge on any atom is 0.136 e. The summed E-state index contributed by atoms with van der Waals surface area (Å²) in [7, 11) is 0. The van der Waals surface area contributed by atoms with Gasteiger partial charge in [0.15, 0.2) is 0 Å². The molecule has 2 nitrogen and oxygen atoms in total. The molecule has 0 spiro atoms. The monoisotopic (exact) mass is 159 g/mol. The molecule has 0 fully saturated rings. The van der Waals surface area contributed by atoms with Crippen LogP contribution in [0.15, 0.2) is 12.1 Å². The number of aryl methyl sites for hydroxylation is 1. The second-order valence-corrected chi connectivity index (χ2v) is 3.06. The van der Waals surface area contributed by atoms with Crippen molar-refractivity contribution in [1.82, 2.24) is 0 Å². The number of phenolic OH excluding ortho intramolecular Hbond substituents is 1. The summed E-state index contributed by atoms with van der Waals surface area (Å²) in [6, 6.07) is 5.61. The molecule has 60 valence electrons. The molecule has 0 aliphatic heterocycles. The maximum absolute atomic E-state index is 9.59. The average molecular weight is 159 g/mol. The van der Waals surface area contributed by atoms with Gasteiger partial charge in [-0.25, -0.2) is 0 Å². The number of hydrogen-bond donors (Lipinski definition) is 1. The Hall–Kier alpha value is -1.49. The Kier molecular flexibility index (Phi) is 1.51. The van der Waals surface area contributed by atoms with Crippen LogP contribution in [0.3, 0.4) is 0 Å². The van der Waals surface area contributed by atoms with Crippen molar-refractivity contribution in [2.24, 2.45) is 0 Å². The summed E-state index contributed by atoms with van der Waals surface area (Å²) in [4.78, 5) is 0. The highest BCUT2D eigenvalue weighted by atomic mass is 16.3. The van der Waals surface area contributed by atoms with Crippen LogP contribution >= 0.6 is 0 Å². The smallest absolute Gasteiger partial charge is 0.136 e. The Morgan fingerprint density at radius 3 is 2.92 bits per heavy atom. The minimum absolute atomic E-state index is 0.201. The van der Waals surface area contributed by atoms with E-state index in [0.717, 1.165) is 24.8 Å². The van der Waals surface area contributed by atoms with Crippen molar-refractivity contribution < 1.29 is 5.11 Å². The van der Waals surface area contributed by atoms with Crippen LogP contribution in [0.1, 0.15) is 23.1 Å². The van der Waals surface area contributed by atoms with E-state index in [1.165, 1.54) is 5.56 Å². The van der Waals surface area contributed by atoms with Gasteiger partial charge in [-0.2, -0.15) is 5.26 Å². The number of nitriles is 1. The van der Waals surface area contributed by atoms with Crippen LogP contribution in [-0.2, 0) is 12.8 Å². The molecule has 0 unspecified atom stereocenters. The number of rotatable bonds is 0. The van der Waals surface area contributed by atoms with Crippen LogP contribution in [0.25, 0.3) is 0 Å². The number of nitrogens with zero attached hydrogens (tertiary/aromatic N) is 1. The molecule has 12 heavy (non-hydrogen) atoms. The third kappa shape index (κ3) is 0.868. The third-order valence-electron chi connectivity index (χ3n) is 2.37. The first kappa shape index (κ1) is 7.17. The fourth-order valence-electron chi connectivity index (χ4n) is 1.74. The third-order valence-corrected chi connectivity index (χ3v) is 2.37.